The van der Waals surface area contributed by atoms with E-state index in [0.717, 1.165) is 87.0 Å². The first-order valence-electron chi connectivity index (χ1n) is 20.3. The van der Waals surface area contributed by atoms with E-state index in [1.165, 1.54) is 64.2 Å². The molecule has 0 heterocycles. The largest absolute Gasteiger partial charge is 0.461 e. The van der Waals surface area contributed by atoms with Crippen LogP contribution in [0.15, 0.2) is 11.6 Å². The van der Waals surface area contributed by atoms with Crippen molar-refractivity contribution in [3.05, 3.63) is 11.6 Å². The van der Waals surface area contributed by atoms with E-state index in [2.05, 4.69) is 51.3 Å². The molecule has 3 fully saturated rings. The van der Waals surface area contributed by atoms with Gasteiger partial charge in [-0.15, -0.1) is 0 Å². The summed E-state index contributed by atoms with van der Waals surface area (Å²) in [5, 5.41) is 6.15. The highest BCUT2D eigenvalue weighted by molar-refractivity contribution is 5.71. The number of unbranched alkanes of at least 4 members (excludes halogenated alkanes) is 5. The zero-order valence-corrected chi connectivity index (χ0v) is 32.4. The Morgan fingerprint density at radius 3 is 2.29 bits per heavy atom. The Bertz CT molecular complexity index is 1060. The van der Waals surface area contributed by atoms with Gasteiger partial charge in [-0.05, 0) is 131 Å². The number of rotatable bonds is 17. The molecule has 0 spiro atoms. The minimum Gasteiger partial charge on any atom is -0.461 e. The maximum atomic E-state index is 12.7. The van der Waals surface area contributed by atoms with Crippen molar-refractivity contribution < 1.29 is 19.1 Å². The van der Waals surface area contributed by atoms with Crippen LogP contribution in [0.2, 0.25) is 0 Å². The first kappa shape index (κ1) is 39.2. The van der Waals surface area contributed by atoms with Crippen molar-refractivity contribution in [3.63, 3.8) is 0 Å². The molecule has 0 aromatic carbocycles. The van der Waals surface area contributed by atoms with Crippen molar-refractivity contribution in [2.24, 2.45) is 46.3 Å². The Balaban J connectivity index is 1.11. The van der Waals surface area contributed by atoms with E-state index in [9.17, 15) is 9.59 Å². The van der Waals surface area contributed by atoms with Crippen molar-refractivity contribution in [1.82, 2.24) is 10.6 Å². The number of hydrogen-bond donors (Lipinski definition) is 2. The lowest BCUT2D eigenvalue weighted by Crippen LogP contribution is -2.51. The van der Waals surface area contributed by atoms with Crippen LogP contribution >= 0.6 is 0 Å². The lowest BCUT2D eigenvalue weighted by atomic mass is 9.47. The summed E-state index contributed by atoms with van der Waals surface area (Å²) in [6.45, 7) is 20.0. The Kier molecular flexibility index (Phi) is 14.4. The molecule has 3 unspecified atom stereocenters. The van der Waals surface area contributed by atoms with Crippen LogP contribution < -0.4 is 10.6 Å². The van der Waals surface area contributed by atoms with Crippen LogP contribution in [0.1, 0.15) is 165 Å². The molecule has 6 nitrogen and oxygen atoms in total. The summed E-state index contributed by atoms with van der Waals surface area (Å²) in [6, 6.07) is 0. The molecule has 0 aromatic heterocycles. The van der Waals surface area contributed by atoms with Gasteiger partial charge in [0.1, 0.15) is 11.7 Å². The number of allylic oxidation sites excluding steroid dienone is 1. The van der Waals surface area contributed by atoms with Crippen molar-refractivity contribution in [1.29, 1.82) is 0 Å². The molecule has 4 aliphatic rings. The number of alkyl carbamates (subject to hydrolysis) is 1. The van der Waals surface area contributed by atoms with Crippen LogP contribution in [0.4, 0.5) is 4.79 Å². The monoisotopic (exact) mass is 671 g/mol. The van der Waals surface area contributed by atoms with Crippen LogP contribution in [0.25, 0.3) is 0 Å². The molecule has 6 heteroatoms. The van der Waals surface area contributed by atoms with E-state index in [1.807, 2.05) is 20.8 Å². The highest BCUT2D eigenvalue weighted by Gasteiger charge is 2.59. The highest BCUT2D eigenvalue weighted by Crippen LogP contribution is 2.67. The van der Waals surface area contributed by atoms with Crippen LogP contribution in [-0.4, -0.2) is 43.4 Å². The summed E-state index contributed by atoms with van der Waals surface area (Å²) in [5.41, 5.74) is 1.97. The molecule has 276 valence electrons. The third kappa shape index (κ3) is 10.5. The highest BCUT2D eigenvalue weighted by atomic mass is 16.6. The van der Waals surface area contributed by atoms with E-state index in [-0.39, 0.29) is 18.2 Å². The van der Waals surface area contributed by atoms with Gasteiger partial charge in [0.05, 0.1) is 6.54 Å². The van der Waals surface area contributed by atoms with E-state index in [4.69, 9.17) is 9.47 Å². The number of fused-ring (bicyclic) bond motifs is 5. The second-order valence-corrected chi connectivity index (χ2v) is 18.4. The number of carbonyl (C=O) groups is 2. The summed E-state index contributed by atoms with van der Waals surface area (Å²) >= 11 is 0. The maximum Gasteiger partial charge on any atom is 0.407 e. The van der Waals surface area contributed by atoms with Gasteiger partial charge in [-0.1, -0.05) is 91.2 Å². The minimum absolute atomic E-state index is 0.0383. The van der Waals surface area contributed by atoms with Crippen LogP contribution in [0, 0.1) is 46.3 Å². The second kappa shape index (κ2) is 17.6. The van der Waals surface area contributed by atoms with E-state index in [0.29, 0.717) is 23.9 Å². The molecular weight excluding hydrogens is 596 g/mol. The van der Waals surface area contributed by atoms with Gasteiger partial charge in [-0.2, -0.15) is 0 Å². The predicted octanol–water partition coefficient (Wildman–Crippen LogP) is 10.4. The van der Waals surface area contributed by atoms with Crippen LogP contribution in [-0.2, 0) is 14.3 Å². The van der Waals surface area contributed by atoms with Gasteiger partial charge < -0.3 is 20.1 Å². The number of hydrogen-bond acceptors (Lipinski definition) is 5. The van der Waals surface area contributed by atoms with E-state index >= 15 is 0 Å². The van der Waals surface area contributed by atoms with Gasteiger partial charge in [0, 0.05) is 13.0 Å². The number of esters is 1. The molecule has 0 saturated heterocycles. The molecule has 0 radical (unpaired) electrons. The Morgan fingerprint density at radius 2 is 1.58 bits per heavy atom. The second-order valence-electron chi connectivity index (χ2n) is 18.4. The number of nitrogens with one attached hydrogen (secondary N) is 2. The molecule has 1 amide bonds. The van der Waals surface area contributed by atoms with Gasteiger partial charge in [-0.25, -0.2) is 4.79 Å². The van der Waals surface area contributed by atoms with Gasteiger partial charge in [0.25, 0.3) is 0 Å². The summed E-state index contributed by atoms with van der Waals surface area (Å²) < 4.78 is 11.3. The molecule has 4 aliphatic carbocycles. The smallest absolute Gasteiger partial charge is 0.407 e. The van der Waals surface area contributed by atoms with Crippen LogP contribution in [0.5, 0.6) is 0 Å². The molecule has 4 rings (SSSR count). The van der Waals surface area contributed by atoms with Crippen molar-refractivity contribution in [3.8, 4) is 0 Å². The SMILES string of the molecule is CC(C)CCC[C@@H](C)C1CCC2[C@@H]3CC=C4C[C@@H](OC(=O)CNCCCCCCCCNC(=O)OC(C)(C)C)CC[C@]4(C)C3CC[C@@]21C. The molecule has 0 aromatic rings. The standard InChI is InChI=1S/C42H74N2O4/c1-30(2)16-15-17-31(3)35-20-21-36-34-19-18-32-28-33(22-24-41(32,7)37(34)23-25-42(35,36)8)47-38(45)29-43-26-13-11-9-10-12-14-27-44-39(46)48-40(4,5)6/h18,30-31,33-37,43H,9-17,19-29H2,1-8H3,(H,44,46)/t31-,33+,34+,35?,36?,37?,41+,42-/m1/s1. The number of amides is 1. The fourth-order valence-corrected chi connectivity index (χ4v) is 10.8. The molecule has 2 N–H and O–H groups in total. The normalized spacial score (nSPS) is 32.1. The molecule has 0 bridgehead atoms. The molecule has 0 aliphatic heterocycles. The fraction of sp³-hybridized carbons (Fsp3) is 0.905. The van der Waals surface area contributed by atoms with Crippen molar-refractivity contribution >= 4 is 12.1 Å². The predicted molar refractivity (Wildman–Crippen MR) is 198 cm³/mol. The Labute approximate surface area is 295 Å². The lowest BCUT2D eigenvalue weighted by molar-refractivity contribution is -0.150. The minimum atomic E-state index is -0.451. The average Bonchev–Trinajstić information content (AvgIpc) is 3.36. The van der Waals surface area contributed by atoms with Gasteiger partial charge in [-0.3, -0.25) is 4.79 Å². The third-order valence-corrected chi connectivity index (χ3v) is 13.3. The van der Waals surface area contributed by atoms with Gasteiger partial charge >= 0.3 is 12.1 Å². The fourth-order valence-electron chi connectivity index (χ4n) is 10.8. The molecule has 3 saturated carbocycles. The average molecular weight is 671 g/mol. The number of carbonyl (C=O) groups excluding carboxylic acids is 2. The van der Waals surface area contributed by atoms with Crippen molar-refractivity contribution in [2.45, 2.75) is 176 Å². The van der Waals surface area contributed by atoms with E-state index in [1.54, 1.807) is 5.57 Å². The quantitative estimate of drug-likeness (QED) is 0.0915. The summed E-state index contributed by atoms with van der Waals surface area (Å²) in [5.74, 6) is 5.03. The zero-order chi connectivity index (χ0) is 35.0. The first-order valence-corrected chi connectivity index (χ1v) is 20.3. The molecule has 48 heavy (non-hydrogen) atoms. The maximum absolute atomic E-state index is 12.7. The molecular formula is C42H74N2O4. The lowest BCUT2D eigenvalue weighted by Gasteiger charge is -2.58. The van der Waals surface area contributed by atoms with Gasteiger partial charge in [0.2, 0.25) is 0 Å². The van der Waals surface area contributed by atoms with Crippen LogP contribution in [0.3, 0.4) is 0 Å². The summed E-state index contributed by atoms with van der Waals surface area (Å²) in [4.78, 5) is 24.4. The third-order valence-electron chi connectivity index (χ3n) is 13.3. The van der Waals surface area contributed by atoms with Crippen molar-refractivity contribution in [2.75, 3.05) is 19.6 Å². The Hall–Kier alpha value is -1.56. The number of ether oxygens (including phenoxy) is 2. The zero-order valence-electron chi connectivity index (χ0n) is 32.4. The Morgan fingerprint density at radius 1 is 0.875 bits per heavy atom. The van der Waals surface area contributed by atoms with E-state index < -0.39 is 5.60 Å². The topological polar surface area (TPSA) is 76.7 Å². The molecule has 8 atom stereocenters. The summed E-state index contributed by atoms with van der Waals surface area (Å²) in [7, 11) is 0. The van der Waals surface area contributed by atoms with Gasteiger partial charge in [0.15, 0.2) is 0 Å². The summed E-state index contributed by atoms with van der Waals surface area (Å²) in [6.07, 6.45) is 23.2. The first-order chi connectivity index (χ1) is 22.7.